The summed E-state index contributed by atoms with van der Waals surface area (Å²) in [5, 5.41) is 5.22. The summed E-state index contributed by atoms with van der Waals surface area (Å²) in [5.41, 5.74) is 2.93. The first kappa shape index (κ1) is 17.9. The largest absolute Gasteiger partial charge is 0.489 e. The summed E-state index contributed by atoms with van der Waals surface area (Å²) >= 11 is 18.1. The van der Waals surface area contributed by atoms with Crippen LogP contribution in [0.4, 0.5) is 5.69 Å². The van der Waals surface area contributed by atoms with Gasteiger partial charge in [0.25, 0.3) is 0 Å². The first-order valence-electron chi connectivity index (χ1n) is 7.75. The summed E-state index contributed by atoms with van der Waals surface area (Å²) in [6.07, 6.45) is 0. The van der Waals surface area contributed by atoms with E-state index in [9.17, 15) is 0 Å². The third-order valence-corrected chi connectivity index (χ3v) is 4.27. The van der Waals surface area contributed by atoms with Crippen molar-refractivity contribution >= 4 is 40.5 Å². The first-order valence-corrected chi connectivity index (χ1v) is 8.89. The van der Waals surface area contributed by atoms with Gasteiger partial charge in [-0.15, -0.1) is 0 Å². The van der Waals surface area contributed by atoms with Crippen LogP contribution in [-0.2, 0) is 13.2 Å². The average molecular weight is 393 g/mol. The molecule has 0 saturated carbocycles. The highest BCUT2D eigenvalue weighted by Crippen LogP contribution is 2.25. The molecule has 0 heterocycles. The Kier molecular flexibility index (Phi) is 6.09. The van der Waals surface area contributed by atoms with Gasteiger partial charge in [0.2, 0.25) is 0 Å². The van der Waals surface area contributed by atoms with Crippen molar-refractivity contribution in [1.82, 2.24) is 0 Å². The van der Waals surface area contributed by atoms with Crippen molar-refractivity contribution in [3.63, 3.8) is 0 Å². The molecule has 0 spiro atoms. The molecule has 0 bridgehead atoms. The van der Waals surface area contributed by atoms with E-state index in [0.29, 0.717) is 28.2 Å². The van der Waals surface area contributed by atoms with E-state index in [1.165, 1.54) is 0 Å². The molecule has 128 valence electrons. The summed E-state index contributed by atoms with van der Waals surface area (Å²) in [6, 6.07) is 20.9. The van der Waals surface area contributed by atoms with Crippen LogP contribution in [0.2, 0.25) is 15.1 Å². The fourth-order valence-electron chi connectivity index (χ4n) is 2.43. The third kappa shape index (κ3) is 5.30. The summed E-state index contributed by atoms with van der Waals surface area (Å²) in [6.45, 7) is 1.06. The quantitative estimate of drug-likeness (QED) is 0.496. The van der Waals surface area contributed by atoms with Gasteiger partial charge < -0.3 is 10.1 Å². The van der Waals surface area contributed by atoms with Crippen LogP contribution in [0.25, 0.3) is 0 Å². The molecule has 0 aromatic heterocycles. The molecule has 0 radical (unpaired) electrons. The Bertz CT molecular complexity index is 847. The molecule has 0 amide bonds. The van der Waals surface area contributed by atoms with Gasteiger partial charge in [-0.1, -0.05) is 65.1 Å². The van der Waals surface area contributed by atoms with E-state index in [0.717, 1.165) is 22.6 Å². The number of halogens is 3. The number of ether oxygens (including phenoxy) is 1. The molecule has 25 heavy (non-hydrogen) atoms. The number of hydrogen-bond donors (Lipinski definition) is 1. The predicted octanol–water partition coefficient (Wildman–Crippen LogP) is 6.84. The monoisotopic (exact) mass is 391 g/mol. The minimum absolute atomic E-state index is 0.459. The maximum Gasteiger partial charge on any atom is 0.124 e. The Hall–Kier alpha value is -1.87. The van der Waals surface area contributed by atoms with E-state index in [2.05, 4.69) is 5.32 Å². The molecule has 0 fully saturated rings. The fraction of sp³-hybridized carbons (Fsp3) is 0.100. The summed E-state index contributed by atoms with van der Waals surface area (Å²) in [4.78, 5) is 0. The third-order valence-electron chi connectivity index (χ3n) is 3.60. The summed E-state index contributed by atoms with van der Waals surface area (Å²) in [5.74, 6) is 0.822. The number of hydrogen-bond acceptors (Lipinski definition) is 2. The van der Waals surface area contributed by atoms with Crippen molar-refractivity contribution < 1.29 is 4.74 Å². The van der Waals surface area contributed by atoms with E-state index in [4.69, 9.17) is 39.5 Å². The molecule has 0 aliphatic carbocycles. The van der Waals surface area contributed by atoms with Gasteiger partial charge in [0.05, 0.1) is 0 Å². The van der Waals surface area contributed by atoms with Crippen LogP contribution in [0, 0.1) is 0 Å². The van der Waals surface area contributed by atoms with Gasteiger partial charge in [0.15, 0.2) is 0 Å². The highest BCUT2D eigenvalue weighted by Gasteiger charge is 2.05. The minimum atomic E-state index is 0.459. The van der Waals surface area contributed by atoms with Crippen molar-refractivity contribution in [3.05, 3.63) is 92.9 Å². The van der Waals surface area contributed by atoms with Crippen molar-refractivity contribution in [3.8, 4) is 5.75 Å². The molecule has 0 aliphatic rings. The Balaban J connectivity index is 1.68. The smallest absolute Gasteiger partial charge is 0.124 e. The van der Waals surface area contributed by atoms with E-state index in [1.54, 1.807) is 6.07 Å². The lowest BCUT2D eigenvalue weighted by Gasteiger charge is -2.13. The SMILES string of the molecule is Clc1cccc(COc2ccccc2CNc2cc(Cl)cc(Cl)c2)c1. The first-order chi connectivity index (χ1) is 12.1. The van der Waals surface area contributed by atoms with Crippen LogP contribution in [0.3, 0.4) is 0 Å². The molecule has 5 heteroatoms. The standard InChI is InChI=1S/C20H16Cl3NO/c21-16-6-3-4-14(8-16)13-25-20-7-2-1-5-15(20)12-24-19-10-17(22)9-18(23)11-19/h1-11,24H,12-13H2. The minimum Gasteiger partial charge on any atom is -0.489 e. The van der Waals surface area contributed by atoms with Gasteiger partial charge in [-0.05, 0) is 42.0 Å². The predicted molar refractivity (Wildman–Crippen MR) is 106 cm³/mol. The Morgan fingerprint density at radius 3 is 2.28 bits per heavy atom. The molecule has 3 aromatic carbocycles. The molecule has 3 rings (SSSR count). The number of para-hydroxylation sites is 1. The second kappa shape index (κ2) is 8.48. The number of anilines is 1. The average Bonchev–Trinajstić information content (AvgIpc) is 2.58. The molecule has 0 atom stereocenters. The van der Waals surface area contributed by atoms with Crippen molar-refractivity contribution in [2.24, 2.45) is 0 Å². The second-order valence-electron chi connectivity index (χ2n) is 5.54. The van der Waals surface area contributed by atoms with Crippen LogP contribution in [0.15, 0.2) is 66.7 Å². The summed E-state index contributed by atoms with van der Waals surface area (Å²) < 4.78 is 5.96. The fourth-order valence-corrected chi connectivity index (χ4v) is 3.17. The maximum absolute atomic E-state index is 6.03. The van der Waals surface area contributed by atoms with Gasteiger partial charge in [-0.2, -0.15) is 0 Å². The molecule has 0 saturated heterocycles. The van der Waals surface area contributed by atoms with Gasteiger partial charge in [0.1, 0.15) is 12.4 Å². The van der Waals surface area contributed by atoms with Gasteiger partial charge in [-0.25, -0.2) is 0 Å². The van der Waals surface area contributed by atoms with Crippen LogP contribution >= 0.6 is 34.8 Å². The van der Waals surface area contributed by atoms with Crippen LogP contribution < -0.4 is 10.1 Å². The Labute approximate surface area is 162 Å². The lowest BCUT2D eigenvalue weighted by Crippen LogP contribution is -2.03. The van der Waals surface area contributed by atoms with Crippen LogP contribution in [0.5, 0.6) is 5.75 Å². The number of nitrogens with one attached hydrogen (secondary N) is 1. The Morgan fingerprint density at radius 1 is 0.760 bits per heavy atom. The highest BCUT2D eigenvalue weighted by atomic mass is 35.5. The maximum atomic E-state index is 6.03. The van der Waals surface area contributed by atoms with E-state index >= 15 is 0 Å². The molecule has 1 N–H and O–H groups in total. The molecule has 0 aliphatic heterocycles. The van der Waals surface area contributed by atoms with Gasteiger partial charge in [0, 0.05) is 32.9 Å². The molecular formula is C20H16Cl3NO. The molecule has 0 unspecified atom stereocenters. The van der Waals surface area contributed by atoms with E-state index in [-0.39, 0.29) is 0 Å². The lowest BCUT2D eigenvalue weighted by atomic mass is 10.2. The number of benzene rings is 3. The van der Waals surface area contributed by atoms with Gasteiger partial charge in [-0.3, -0.25) is 0 Å². The van der Waals surface area contributed by atoms with Crippen molar-refractivity contribution in [1.29, 1.82) is 0 Å². The lowest BCUT2D eigenvalue weighted by molar-refractivity contribution is 0.303. The molecule has 3 aromatic rings. The van der Waals surface area contributed by atoms with E-state index < -0.39 is 0 Å². The number of rotatable bonds is 6. The van der Waals surface area contributed by atoms with Crippen molar-refractivity contribution in [2.75, 3.05) is 5.32 Å². The van der Waals surface area contributed by atoms with Crippen LogP contribution in [0.1, 0.15) is 11.1 Å². The molecular weight excluding hydrogens is 377 g/mol. The second-order valence-corrected chi connectivity index (χ2v) is 6.85. The van der Waals surface area contributed by atoms with E-state index in [1.807, 2.05) is 60.7 Å². The zero-order valence-corrected chi connectivity index (χ0v) is 15.6. The van der Waals surface area contributed by atoms with Crippen LogP contribution in [-0.4, -0.2) is 0 Å². The zero-order valence-electron chi connectivity index (χ0n) is 13.3. The Morgan fingerprint density at radius 2 is 1.52 bits per heavy atom. The zero-order chi connectivity index (χ0) is 17.6. The van der Waals surface area contributed by atoms with Crippen molar-refractivity contribution in [2.45, 2.75) is 13.2 Å². The highest BCUT2D eigenvalue weighted by molar-refractivity contribution is 6.35. The summed E-state index contributed by atoms with van der Waals surface area (Å²) in [7, 11) is 0. The molecule has 2 nitrogen and oxygen atoms in total. The van der Waals surface area contributed by atoms with Gasteiger partial charge >= 0.3 is 0 Å². The topological polar surface area (TPSA) is 21.3 Å². The normalized spacial score (nSPS) is 10.5.